The Bertz CT molecular complexity index is 425. The van der Waals surface area contributed by atoms with E-state index in [1.54, 1.807) is 37.3 Å². The lowest BCUT2D eigenvalue weighted by molar-refractivity contribution is -0.135. The smallest absolute Gasteiger partial charge is 0.364 e. The molecule has 0 saturated heterocycles. The molecule has 0 aliphatic rings. The molecule has 1 rings (SSSR count). The van der Waals surface area contributed by atoms with Gasteiger partial charge in [0.2, 0.25) is 11.5 Å². The van der Waals surface area contributed by atoms with E-state index in [4.69, 9.17) is 4.74 Å². The first kappa shape index (κ1) is 12.9. The van der Waals surface area contributed by atoms with E-state index < -0.39 is 11.8 Å². The van der Waals surface area contributed by atoms with Crippen LogP contribution in [-0.2, 0) is 14.4 Å². The van der Waals surface area contributed by atoms with Crippen LogP contribution >= 0.6 is 0 Å². The second-order valence-electron chi connectivity index (χ2n) is 3.04. The van der Waals surface area contributed by atoms with Crippen LogP contribution in [-0.4, -0.2) is 31.2 Å². The number of ketones is 1. The minimum absolute atomic E-state index is 0.170. The molecule has 0 atom stereocenters. The van der Waals surface area contributed by atoms with E-state index in [2.05, 4.69) is 9.99 Å². The van der Waals surface area contributed by atoms with Crippen molar-refractivity contribution in [1.82, 2.24) is 0 Å². The molecule has 0 aromatic heterocycles. The van der Waals surface area contributed by atoms with Crippen LogP contribution < -0.4 is 0 Å². The zero-order valence-corrected chi connectivity index (χ0v) is 9.67. The second-order valence-corrected chi connectivity index (χ2v) is 3.04. The van der Waals surface area contributed by atoms with Gasteiger partial charge >= 0.3 is 5.97 Å². The third-order valence-corrected chi connectivity index (χ3v) is 1.90. The van der Waals surface area contributed by atoms with Gasteiger partial charge in [0.1, 0.15) is 7.11 Å². The summed E-state index contributed by atoms with van der Waals surface area (Å²) in [6, 6.07) is 8.35. The maximum atomic E-state index is 11.9. The van der Waals surface area contributed by atoms with Crippen LogP contribution in [0.3, 0.4) is 0 Å². The molecule has 90 valence electrons. The molecule has 0 heterocycles. The fraction of sp³-hybridized carbons (Fsp3) is 0.250. The van der Waals surface area contributed by atoms with Crippen molar-refractivity contribution in [2.24, 2.45) is 5.16 Å². The summed E-state index contributed by atoms with van der Waals surface area (Å²) in [4.78, 5) is 27.9. The average molecular weight is 235 g/mol. The van der Waals surface area contributed by atoms with Crippen LogP contribution in [0.4, 0.5) is 0 Å². The summed E-state index contributed by atoms with van der Waals surface area (Å²) in [6.07, 6.45) is 0. The fourth-order valence-electron chi connectivity index (χ4n) is 1.19. The van der Waals surface area contributed by atoms with E-state index in [1.807, 2.05) is 0 Å². The molecule has 0 unspecified atom stereocenters. The van der Waals surface area contributed by atoms with E-state index in [0.29, 0.717) is 5.56 Å². The topological polar surface area (TPSA) is 65.0 Å². The fourth-order valence-corrected chi connectivity index (χ4v) is 1.19. The number of carbonyl (C=O) groups is 2. The summed E-state index contributed by atoms with van der Waals surface area (Å²) in [5, 5.41) is 3.41. The lowest BCUT2D eigenvalue weighted by Crippen LogP contribution is -2.26. The summed E-state index contributed by atoms with van der Waals surface area (Å²) in [6.45, 7) is 1.82. The molecule has 0 radical (unpaired) electrons. The summed E-state index contributed by atoms with van der Waals surface area (Å²) in [5.41, 5.74) is -0.00287. The van der Waals surface area contributed by atoms with Crippen LogP contribution in [0.1, 0.15) is 17.3 Å². The number of Topliss-reactive ketones (excluding diaryl/α,β-unsaturated/α-hetero) is 1. The Morgan fingerprint density at radius 1 is 1.24 bits per heavy atom. The number of hydrogen-bond donors (Lipinski definition) is 0. The van der Waals surface area contributed by atoms with E-state index in [9.17, 15) is 9.59 Å². The van der Waals surface area contributed by atoms with Gasteiger partial charge in [0.05, 0.1) is 6.61 Å². The molecular weight excluding hydrogens is 222 g/mol. The Hall–Kier alpha value is -2.17. The normalized spacial score (nSPS) is 10.8. The highest BCUT2D eigenvalue weighted by Gasteiger charge is 2.24. The number of hydrogen-bond acceptors (Lipinski definition) is 5. The lowest BCUT2D eigenvalue weighted by Gasteiger charge is -2.04. The molecule has 17 heavy (non-hydrogen) atoms. The zero-order chi connectivity index (χ0) is 12.7. The molecule has 0 aliphatic carbocycles. The lowest BCUT2D eigenvalue weighted by atomic mass is 10.1. The number of carbonyl (C=O) groups excluding carboxylic acids is 2. The predicted octanol–water partition coefficient (Wildman–Crippen LogP) is 1.43. The third kappa shape index (κ3) is 3.41. The zero-order valence-electron chi connectivity index (χ0n) is 9.67. The summed E-state index contributed by atoms with van der Waals surface area (Å²) < 4.78 is 4.73. The Labute approximate surface area is 99.0 Å². The Balaban J connectivity index is 2.97. The first-order valence-electron chi connectivity index (χ1n) is 5.08. The maximum Gasteiger partial charge on any atom is 0.364 e. The molecule has 0 saturated carbocycles. The van der Waals surface area contributed by atoms with Crippen molar-refractivity contribution in [3.63, 3.8) is 0 Å². The Kier molecular flexibility index (Phi) is 4.87. The van der Waals surface area contributed by atoms with Crippen molar-refractivity contribution >= 4 is 17.5 Å². The van der Waals surface area contributed by atoms with Gasteiger partial charge in [-0.05, 0) is 6.92 Å². The van der Waals surface area contributed by atoms with Crippen molar-refractivity contribution in [3.8, 4) is 0 Å². The van der Waals surface area contributed by atoms with E-state index in [1.165, 1.54) is 7.11 Å². The van der Waals surface area contributed by atoms with Gasteiger partial charge in [-0.2, -0.15) is 0 Å². The third-order valence-electron chi connectivity index (χ3n) is 1.90. The van der Waals surface area contributed by atoms with Gasteiger partial charge in [0, 0.05) is 5.56 Å². The highest BCUT2D eigenvalue weighted by Crippen LogP contribution is 2.03. The molecule has 0 aliphatic heterocycles. The average Bonchev–Trinajstić information content (AvgIpc) is 2.36. The number of benzene rings is 1. The first-order chi connectivity index (χ1) is 8.20. The highest BCUT2D eigenvalue weighted by atomic mass is 16.6. The van der Waals surface area contributed by atoms with Gasteiger partial charge in [-0.1, -0.05) is 35.5 Å². The van der Waals surface area contributed by atoms with Gasteiger partial charge in [0.15, 0.2) is 0 Å². The SMILES string of the molecule is CCOC(=O)/C(=N\OC)C(=O)c1ccccc1. The van der Waals surface area contributed by atoms with Crippen LogP contribution in [0.5, 0.6) is 0 Å². The molecule has 0 spiro atoms. The Morgan fingerprint density at radius 3 is 2.41 bits per heavy atom. The molecule has 0 amide bonds. The highest BCUT2D eigenvalue weighted by molar-refractivity contribution is 6.67. The summed E-state index contributed by atoms with van der Waals surface area (Å²) in [5.74, 6) is -1.31. The van der Waals surface area contributed by atoms with E-state index in [-0.39, 0.29) is 12.3 Å². The molecule has 0 bridgehead atoms. The molecule has 0 fully saturated rings. The molecule has 5 nitrogen and oxygen atoms in total. The molecule has 0 N–H and O–H groups in total. The van der Waals surface area contributed by atoms with E-state index in [0.717, 1.165) is 0 Å². The quantitative estimate of drug-likeness (QED) is 0.254. The monoisotopic (exact) mass is 235 g/mol. The van der Waals surface area contributed by atoms with Crippen LogP contribution in [0, 0.1) is 0 Å². The summed E-state index contributed by atoms with van der Waals surface area (Å²) in [7, 11) is 1.26. The minimum Gasteiger partial charge on any atom is -0.461 e. The van der Waals surface area contributed by atoms with Crippen LogP contribution in [0.15, 0.2) is 35.5 Å². The van der Waals surface area contributed by atoms with Crippen molar-refractivity contribution in [2.75, 3.05) is 13.7 Å². The molecule has 1 aromatic rings. The molecular formula is C12H13NO4. The van der Waals surface area contributed by atoms with Crippen LogP contribution in [0.2, 0.25) is 0 Å². The molecule has 1 aromatic carbocycles. The minimum atomic E-state index is -0.789. The number of oxime groups is 1. The summed E-state index contributed by atoms with van der Waals surface area (Å²) >= 11 is 0. The van der Waals surface area contributed by atoms with Crippen molar-refractivity contribution in [2.45, 2.75) is 6.92 Å². The predicted molar refractivity (Wildman–Crippen MR) is 61.8 cm³/mol. The number of esters is 1. The van der Waals surface area contributed by atoms with Gasteiger partial charge in [-0.3, -0.25) is 4.79 Å². The molecule has 5 heteroatoms. The largest absolute Gasteiger partial charge is 0.461 e. The Morgan fingerprint density at radius 2 is 1.88 bits per heavy atom. The second kappa shape index (κ2) is 6.42. The van der Waals surface area contributed by atoms with Gasteiger partial charge in [-0.25, -0.2) is 4.79 Å². The van der Waals surface area contributed by atoms with Crippen molar-refractivity contribution in [1.29, 1.82) is 0 Å². The number of ether oxygens (including phenoxy) is 1. The van der Waals surface area contributed by atoms with Gasteiger partial charge in [-0.15, -0.1) is 0 Å². The first-order valence-corrected chi connectivity index (χ1v) is 5.08. The van der Waals surface area contributed by atoms with Crippen molar-refractivity contribution in [3.05, 3.63) is 35.9 Å². The van der Waals surface area contributed by atoms with E-state index >= 15 is 0 Å². The number of nitrogens with zero attached hydrogens (tertiary/aromatic N) is 1. The van der Waals surface area contributed by atoms with Crippen LogP contribution in [0.25, 0.3) is 0 Å². The maximum absolute atomic E-state index is 11.9. The number of rotatable bonds is 5. The van der Waals surface area contributed by atoms with Gasteiger partial charge in [0.25, 0.3) is 0 Å². The van der Waals surface area contributed by atoms with Gasteiger partial charge < -0.3 is 9.57 Å². The standard InChI is InChI=1S/C12H13NO4/c1-3-17-12(15)10(13-16-2)11(14)9-7-5-4-6-8-9/h4-8H,3H2,1-2H3/b13-10-. The van der Waals surface area contributed by atoms with Crippen molar-refractivity contribution < 1.29 is 19.2 Å².